The molecule has 1 aliphatic heterocycles. The highest BCUT2D eigenvalue weighted by molar-refractivity contribution is 7.19. The Balaban J connectivity index is 1.45. The van der Waals surface area contributed by atoms with Crippen LogP contribution in [0.1, 0.15) is 10.4 Å². The Morgan fingerprint density at radius 3 is 2.90 bits per heavy atom. The van der Waals surface area contributed by atoms with Crippen LogP contribution in [0.25, 0.3) is 10.1 Å². The first kappa shape index (κ1) is 12.7. The molecule has 0 saturated heterocycles. The number of hydrogen-bond acceptors (Lipinski definition) is 4. The maximum atomic E-state index is 5.52. The van der Waals surface area contributed by atoms with Crippen LogP contribution in [0.2, 0.25) is 0 Å². The Hall–Kier alpha value is -2.04. The summed E-state index contributed by atoms with van der Waals surface area (Å²) in [5, 5.41) is 4.80. The molecule has 4 heteroatoms. The third-order valence-electron chi connectivity index (χ3n) is 3.57. The molecule has 106 valence electrons. The van der Waals surface area contributed by atoms with Crippen LogP contribution in [0.15, 0.2) is 48.5 Å². The smallest absolute Gasteiger partial charge is 0.231 e. The van der Waals surface area contributed by atoms with Crippen LogP contribution in [0, 0.1) is 0 Å². The third-order valence-corrected chi connectivity index (χ3v) is 4.69. The second-order valence-corrected chi connectivity index (χ2v) is 6.17. The van der Waals surface area contributed by atoms with Crippen molar-refractivity contribution in [3.63, 3.8) is 0 Å². The highest BCUT2D eigenvalue weighted by Crippen LogP contribution is 2.35. The van der Waals surface area contributed by atoms with E-state index in [0.29, 0.717) is 6.79 Å². The fraction of sp³-hybridized carbons (Fsp3) is 0.176. The van der Waals surface area contributed by atoms with E-state index in [1.165, 1.54) is 15.0 Å². The fourth-order valence-electron chi connectivity index (χ4n) is 2.57. The molecule has 1 N–H and O–H groups in total. The molecule has 0 aliphatic carbocycles. The second kappa shape index (κ2) is 5.39. The summed E-state index contributed by atoms with van der Waals surface area (Å²) in [5.41, 5.74) is 1.14. The fourth-order valence-corrected chi connectivity index (χ4v) is 3.61. The molecule has 0 radical (unpaired) electrons. The Labute approximate surface area is 127 Å². The summed E-state index contributed by atoms with van der Waals surface area (Å²) in [4.78, 5) is 1.35. The van der Waals surface area contributed by atoms with Crippen molar-refractivity contribution in [1.29, 1.82) is 0 Å². The van der Waals surface area contributed by atoms with Crippen LogP contribution in [0.4, 0.5) is 0 Å². The molecule has 2 aromatic carbocycles. The lowest BCUT2D eigenvalue weighted by atomic mass is 10.2. The summed E-state index contributed by atoms with van der Waals surface area (Å²) >= 11 is 1.84. The van der Waals surface area contributed by atoms with Gasteiger partial charge in [0.15, 0.2) is 11.5 Å². The highest BCUT2D eigenvalue weighted by Gasteiger charge is 2.16. The average Bonchev–Trinajstić information content (AvgIpc) is 3.13. The molecular weight excluding hydrogens is 282 g/mol. The molecule has 3 aromatic rings. The predicted octanol–water partition coefficient (Wildman–Crippen LogP) is 3.92. The van der Waals surface area contributed by atoms with E-state index in [1.807, 2.05) is 23.5 Å². The van der Waals surface area contributed by atoms with Crippen LogP contribution in [0.5, 0.6) is 11.5 Å². The van der Waals surface area contributed by atoms with Gasteiger partial charge in [-0.25, -0.2) is 0 Å². The zero-order chi connectivity index (χ0) is 14.1. The first-order valence-corrected chi connectivity index (χ1v) is 7.77. The van der Waals surface area contributed by atoms with Crippen LogP contribution in [-0.4, -0.2) is 6.79 Å². The van der Waals surface area contributed by atoms with Crippen molar-refractivity contribution >= 4 is 21.4 Å². The molecule has 0 saturated carbocycles. The number of ether oxygens (including phenoxy) is 2. The number of fused-ring (bicyclic) bond motifs is 2. The second-order valence-electron chi connectivity index (χ2n) is 5.01. The molecule has 1 aromatic heterocycles. The van der Waals surface area contributed by atoms with E-state index < -0.39 is 0 Å². The van der Waals surface area contributed by atoms with E-state index in [0.717, 1.165) is 30.2 Å². The van der Waals surface area contributed by atoms with Crippen LogP contribution >= 0.6 is 11.3 Å². The number of rotatable bonds is 4. The maximum absolute atomic E-state index is 5.52. The molecule has 21 heavy (non-hydrogen) atoms. The summed E-state index contributed by atoms with van der Waals surface area (Å²) < 4.78 is 12.3. The summed E-state index contributed by atoms with van der Waals surface area (Å²) in [7, 11) is 0. The van der Waals surface area contributed by atoms with Gasteiger partial charge in [-0.15, -0.1) is 11.3 Å². The summed E-state index contributed by atoms with van der Waals surface area (Å²) in [6, 6.07) is 16.8. The largest absolute Gasteiger partial charge is 0.454 e. The van der Waals surface area contributed by atoms with Crippen LogP contribution in [0.3, 0.4) is 0 Å². The third kappa shape index (κ3) is 2.48. The lowest BCUT2D eigenvalue weighted by molar-refractivity contribution is 0.173. The SMILES string of the molecule is c1cc(CNCc2cc3ccccc3s2)c2c(c1)OCO2. The number of nitrogens with one attached hydrogen (secondary N) is 1. The molecule has 0 fully saturated rings. The van der Waals surface area contributed by atoms with E-state index in [2.05, 4.69) is 41.7 Å². The van der Waals surface area contributed by atoms with Gasteiger partial charge in [0.05, 0.1) is 0 Å². The van der Waals surface area contributed by atoms with Crippen molar-refractivity contribution in [3.8, 4) is 11.5 Å². The zero-order valence-corrected chi connectivity index (χ0v) is 12.3. The molecule has 0 amide bonds. The van der Waals surface area contributed by atoms with Gasteiger partial charge >= 0.3 is 0 Å². The highest BCUT2D eigenvalue weighted by atomic mass is 32.1. The molecule has 3 nitrogen and oxygen atoms in total. The van der Waals surface area contributed by atoms with Crippen molar-refractivity contribution in [2.24, 2.45) is 0 Å². The van der Waals surface area contributed by atoms with Crippen molar-refractivity contribution in [3.05, 3.63) is 59.0 Å². The predicted molar refractivity (Wildman–Crippen MR) is 84.9 cm³/mol. The Kier molecular flexibility index (Phi) is 3.25. The van der Waals surface area contributed by atoms with Crippen molar-refractivity contribution in [2.45, 2.75) is 13.1 Å². The van der Waals surface area contributed by atoms with Gasteiger partial charge in [0.2, 0.25) is 6.79 Å². The summed E-state index contributed by atoms with van der Waals surface area (Å²) in [6.07, 6.45) is 0. The van der Waals surface area contributed by atoms with Crippen LogP contribution < -0.4 is 14.8 Å². The number of benzene rings is 2. The van der Waals surface area contributed by atoms with E-state index in [4.69, 9.17) is 9.47 Å². The number of thiophene rings is 1. The Bertz CT molecular complexity index is 748. The van der Waals surface area contributed by atoms with Gasteiger partial charge in [0.25, 0.3) is 0 Å². The number of para-hydroxylation sites is 1. The molecule has 0 spiro atoms. The molecule has 0 bridgehead atoms. The minimum Gasteiger partial charge on any atom is -0.454 e. The van der Waals surface area contributed by atoms with Crippen molar-refractivity contribution < 1.29 is 9.47 Å². The molecule has 1 aliphatic rings. The standard InChI is InChI=1S/C17H15NO2S/c1-2-7-16-12(4-1)8-14(21-16)10-18-9-13-5-3-6-15-17(13)20-11-19-15/h1-8,18H,9-11H2. The van der Waals surface area contributed by atoms with Gasteiger partial charge in [-0.1, -0.05) is 30.3 Å². The van der Waals surface area contributed by atoms with Gasteiger partial charge in [-0.05, 0) is 23.6 Å². The lowest BCUT2D eigenvalue weighted by Gasteiger charge is -2.06. The zero-order valence-electron chi connectivity index (χ0n) is 11.5. The normalized spacial score (nSPS) is 13.0. The van der Waals surface area contributed by atoms with E-state index >= 15 is 0 Å². The van der Waals surface area contributed by atoms with Crippen molar-refractivity contribution in [1.82, 2.24) is 5.32 Å². The van der Waals surface area contributed by atoms with Gasteiger partial charge in [-0.3, -0.25) is 0 Å². The molecule has 2 heterocycles. The topological polar surface area (TPSA) is 30.5 Å². The monoisotopic (exact) mass is 297 g/mol. The molecular formula is C17H15NO2S. The minimum absolute atomic E-state index is 0.322. The summed E-state index contributed by atoms with van der Waals surface area (Å²) in [5.74, 6) is 1.72. The maximum Gasteiger partial charge on any atom is 0.231 e. The minimum atomic E-state index is 0.322. The van der Waals surface area contributed by atoms with Gasteiger partial charge < -0.3 is 14.8 Å². The first-order valence-electron chi connectivity index (χ1n) is 6.96. The van der Waals surface area contributed by atoms with Crippen molar-refractivity contribution in [2.75, 3.05) is 6.79 Å². The van der Waals surface area contributed by atoms with E-state index in [-0.39, 0.29) is 0 Å². The molecule has 0 unspecified atom stereocenters. The Morgan fingerprint density at radius 2 is 1.95 bits per heavy atom. The van der Waals surface area contributed by atoms with Crippen LogP contribution in [-0.2, 0) is 13.1 Å². The quantitative estimate of drug-likeness (QED) is 0.791. The van der Waals surface area contributed by atoms with Gasteiger partial charge in [0, 0.05) is 28.2 Å². The Morgan fingerprint density at radius 1 is 1.00 bits per heavy atom. The average molecular weight is 297 g/mol. The molecule has 0 atom stereocenters. The molecule has 4 rings (SSSR count). The summed E-state index contributed by atoms with van der Waals surface area (Å²) in [6.45, 7) is 1.97. The van der Waals surface area contributed by atoms with E-state index in [9.17, 15) is 0 Å². The number of hydrogen-bond donors (Lipinski definition) is 1. The van der Waals surface area contributed by atoms with E-state index in [1.54, 1.807) is 0 Å². The first-order chi connectivity index (χ1) is 10.4. The lowest BCUT2D eigenvalue weighted by Crippen LogP contribution is -2.12. The van der Waals surface area contributed by atoms with Gasteiger partial charge in [-0.2, -0.15) is 0 Å². The van der Waals surface area contributed by atoms with Gasteiger partial charge in [0.1, 0.15) is 0 Å².